The van der Waals surface area contributed by atoms with Crippen LogP contribution < -0.4 is 5.73 Å². The second kappa shape index (κ2) is 3.06. The third kappa shape index (κ3) is 1.37. The molecule has 1 heterocycles. The lowest BCUT2D eigenvalue weighted by molar-refractivity contribution is 0.397. The molecule has 1 aromatic rings. The highest BCUT2D eigenvalue weighted by Crippen LogP contribution is 2.52. The molecule has 1 fully saturated rings. The summed E-state index contributed by atoms with van der Waals surface area (Å²) in [6.07, 6.45) is 2.31. The van der Waals surface area contributed by atoms with E-state index in [-0.39, 0.29) is 11.0 Å². The molecule has 0 atom stereocenters. The van der Waals surface area contributed by atoms with E-state index in [1.807, 2.05) is 11.3 Å². The standard InChI is InChI=1S/C11H16BrNS/c1-7-6-14-9(8(7)12)10(2,3)11(13)4-5-11/h6H,4-5,13H2,1-3H3. The van der Waals surface area contributed by atoms with Gasteiger partial charge in [-0.05, 0) is 46.6 Å². The number of aryl methyl sites for hydroxylation is 1. The number of rotatable bonds is 2. The highest BCUT2D eigenvalue weighted by atomic mass is 79.9. The van der Waals surface area contributed by atoms with Gasteiger partial charge in [0.05, 0.1) is 0 Å². The Bertz CT molecular complexity index is 363. The van der Waals surface area contributed by atoms with Gasteiger partial charge in [0.25, 0.3) is 0 Å². The van der Waals surface area contributed by atoms with E-state index >= 15 is 0 Å². The van der Waals surface area contributed by atoms with Crippen molar-refractivity contribution in [3.63, 3.8) is 0 Å². The van der Waals surface area contributed by atoms with Gasteiger partial charge in [0.15, 0.2) is 0 Å². The molecule has 0 saturated heterocycles. The molecule has 2 rings (SSSR count). The Kier molecular flexibility index (Phi) is 2.33. The molecular formula is C11H16BrNS. The molecule has 0 amide bonds. The Hall–Kier alpha value is 0.140. The molecule has 0 aliphatic heterocycles. The van der Waals surface area contributed by atoms with Crippen LogP contribution in [0.5, 0.6) is 0 Å². The lowest BCUT2D eigenvalue weighted by Crippen LogP contribution is -2.42. The zero-order chi connectivity index (χ0) is 10.6. The van der Waals surface area contributed by atoms with Gasteiger partial charge in [-0.3, -0.25) is 0 Å². The van der Waals surface area contributed by atoms with Crippen molar-refractivity contribution < 1.29 is 0 Å². The number of thiophene rings is 1. The molecule has 0 radical (unpaired) electrons. The van der Waals surface area contributed by atoms with Crippen LogP contribution in [0.25, 0.3) is 0 Å². The van der Waals surface area contributed by atoms with Crippen LogP contribution in [0.3, 0.4) is 0 Å². The minimum absolute atomic E-state index is 0.0345. The molecule has 0 spiro atoms. The zero-order valence-corrected chi connectivity index (χ0v) is 11.3. The normalized spacial score (nSPS) is 19.8. The van der Waals surface area contributed by atoms with E-state index in [4.69, 9.17) is 5.73 Å². The summed E-state index contributed by atoms with van der Waals surface area (Å²) in [4.78, 5) is 1.40. The Morgan fingerprint density at radius 1 is 1.50 bits per heavy atom. The van der Waals surface area contributed by atoms with Crippen molar-refractivity contribution in [2.45, 2.75) is 44.6 Å². The number of nitrogens with two attached hydrogens (primary N) is 1. The van der Waals surface area contributed by atoms with Crippen molar-refractivity contribution in [3.8, 4) is 0 Å². The number of hydrogen-bond acceptors (Lipinski definition) is 2. The van der Waals surface area contributed by atoms with E-state index in [0.717, 1.165) is 12.8 Å². The second-order valence-electron chi connectivity index (χ2n) is 4.84. The first kappa shape index (κ1) is 10.7. The van der Waals surface area contributed by atoms with Gasteiger partial charge in [-0.1, -0.05) is 13.8 Å². The van der Waals surface area contributed by atoms with E-state index in [2.05, 4.69) is 42.1 Å². The van der Waals surface area contributed by atoms with Crippen molar-refractivity contribution in [2.24, 2.45) is 5.73 Å². The summed E-state index contributed by atoms with van der Waals surface area (Å²) >= 11 is 5.48. The third-order valence-electron chi connectivity index (χ3n) is 3.50. The molecule has 14 heavy (non-hydrogen) atoms. The molecule has 3 heteroatoms. The molecule has 0 bridgehead atoms. The predicted molar refractivity (Wildman–Crippen MR) is 65.9 cm³/mol. The maximum absolute atomic E-state index is 6.32. The topological polar surface area (TPSA) is 26.0 Å². The minimum atomic E-state index is 0.0345. The van der Waals surface area contributed by atoms with Gasteiger partial charge < -0.3 is 5.73 Å². The quantitative estimate of drug-likeness (QED) is 0.876. The fourth-order valence-electron chi connectivity index (χ4n) is 1.84. The molecule has 1 nitrogen and oxygen atoms in total. The van der Waals surface area contributed by atoms with Gasteiger partial charge in [0.2, 0.25) is 0 Å². The summed E-state index contributed by atoms with van der Waals surface area (Å²) in [5, 5.41) is 2.20. The van der Waals surface area contributed by atoms with E-state index in [1.165, 1.54) is 14.9 Å². The maximum Gasteiger partial charge on any atom is 0.0349 e. The van der Waals surface area contributed by atoms with Crippen LogP contribution in [0.2, 0.25) is 0 Å². The van der Waals surface area contributed by atoms with Crippen LogP contribution in [-0.4, -0.2) is 5.54 Å². The van der Waals surface area contributed by atoms with Gasteiger partial charge in [0.1, 0.15) is 0 Å². The summed E-state index contributed by atoms with van der Waals surface area (Å²) in [5.41, 5.74) is 7.78. The Morgan fingerprint density at radius 2 is 2.07 bits per heavy atom. The Balaban J connectivity index is 2.43. The number of halogens is 1. The van der Waals surface area contributed by atoms with Crippen LogP contribution >= 0.6 is 27.3 Å². The first-order valence-corrected chi connectivity index (χ1v) is 6.59. The average molecular weight is 274 g/mol. The van der Waals surface area contributed by atoms with Crippen molar-refractivity contribution in [1.29, 1.82) is 0 Å². The van der Waals surface area contributed by atoms with Gasteiger partial charge in [0, 0.05) is 20.3 Å². The molecule has 1 aromatic heterocycles. The summed E-state index contributed by atoms with van der Waals surface area (Å²) in [5.74, 6) is 0. The van der Waals surface area contributed by atoms with E-state index in [9.17, 15) is 0 Å². The molecule has 2 N–H and O–H groups in total. The highest BCUT2D eigenvalue weighted by Gasteiger charge is 2.53. The predicted octanol–water partition coefficient (Wildman–Crippen LogP) is 3.59. The van der Waals surface area contributed by atoms with Crippen LogP contribution in [-0.2, 0) is 5.41 Å². The molecule has 1 saturated carbocycles. The fraction of sp³-hybridized carbons (Fsp3) is 0.636. The fourth-order valence-corrected chi connectivity index (χ4v) is 4.05. The Morgan fingerprint density at radius 3 is 2.43 bits per heavy atom. The van der Waals surface area contributed by atoms with E-state index < -0.39 is 0 Å². The first-order valence-electron chi connectivity index (χ1n) is 4.91. The molecule has 1 aliphatic carbocycles. The minimum Gasteiger partial charge on any atom is -0.324 e. The van der Waals surface area contributed by atoms with Gasteiger partial charge in [-0.15, -0.1) is 11.3 Å². The molecule has 0 unspecified atom stereocenters. The monoisotopic (exact) mass is 273 g/mol. The lowest BCUT2D eigenvalue weighted by atomic mass is 9.81. The van der Waals surface area contributed by atoms with Gasteiger partial charge >= 0.3 is 0 Å². The number of hydrogen-bond donors (Lipinski definition) is 1. The summed E-state index contributed by atoms with van der Waals surface area (Å²) in [6, 6.07) is 0. The SMILES string of the molecule is Cc1csc(C(C)(C)C2(N)CC2)c1Br. The largest absolute Gasteiger partial charge is 0.324 e. The second-order valence-corrected chi connectivity index (χ2v) is 6.52. The van der Waals surface area contributed by atoms with Crippen LogP contribution in [0.15, 0.2) is 9.85 Å². The van der Waals surface area contributed by atoms with Gasteiger partial charge in [-0.2, -0.15) is 0 Å². The Labute approximate surface area is 97.8 Å². The van der Waals surface area contributed by atoms with Crippen molar-refractivity contribution in [2.75, 3.05) is 0 Å². The van der Waals surface area contributed by atoms with E-state index in [1.54, 1.807) is 0 Å². The molecule has 1 aliphatic rings. The van der Waals surface area contributed by atoms with Crippen LogP contribution in [0.4, 0.5) is 0 Å². The third-order valence-corrected chi connectivity index (χ3v) is 6.21. The summed E-state index contributed by atoms with van der Waals surface area (Å²) in [6.45, 7) is 6.66. The lowest BCUT2D eigenvalue weighted by Gasteiger charge is -2.31. The van der Waals surface area contributed by atoms with Crippen molar-refractivity contribution in [1.82, 2.24) is 0 Å². The zero-order valence-electron chi connectivity index (χ0n) is 8.86. The van der Waals surface area contributed by atoms with E-state index in [0.29, 0.717) is 0 Å². The highest BCUT2D eigenvalue weighted by molar-refractivity contribution is 9.10. The molecule has 0 aromatic carbocycles. The van der Waals surface area contributed by atoms with Crippen molar-refractivity contribution in [3.05, 3.63) is 20.3 Å². The molecular weight excluding hydrogens is 258 g/mol. The summed E-state index contributed by atoms with van der Waals surface area (Å²) < 4.78 is 1.25. The van der Waals surface area contributed by atoms with Crippen molar-refractivity contribution >= 4 is 27.3 Å². The van der Waals surface area contributed by atoms with Gasteiger partial charge in [-0.25, -0.2) is 0 Å². The van der Waals surface area contributed by atoms with Crippen LogP contribution in [0.1, 0.15) is 37.1 Å². The molecule has 78 valence electrons. The smallest absolute Gasteiger partial charge is 0.0349 e. The average Bonchev–Trinajstić information content (AvgIpc) is 2.76. The van der Waals surface area contributed by atoms with Crippen LogP contribution in [0, 0.1) is 6.92 Å². The summed E-state index contributed by atoms with van der Waals surface area (Å²) in [7, 11) is 0. The first-order chi connectivity index (χ1) is 6.38. The maximum atomic E-state index is 6.32.